The minimum atomic E-state index is -0.481. The van der Waals surface area contributed by atoms with E-state index in [1.54, 1.807) is 18.3 Å². The van der Waals surface area contributed by atoms with Crippen LogP contribution in [0.1, 0.15) is 21.6 Å². The van der Waals surface area contributed by atoms with Gasteiger partial charge in [-0.2, -0.15) is 0 Å². The highest BCUT2D eigenvalue weighted by molar-refractivity contribution is 5.93. The molecule has 2 aromatic rings. The Morgan fingerprint density at radius 1 is 1.35 bits per heavy atom. The minimum Gasteiger partial charge on any atom is -0.486 e. The lowest BCUT2D eigenvalue weighted by molar-refractivity contribution is 0.0595. The Morgan fingerprint density at radius 3 is 2.85 bits per heavy atom. The molecule has 20 heavy (non-hydrogen) atoms. The van der Waals surface area contributed by atoms with Crippen molar-refractivity contribution in [1.82, 2.24) is 4.98 Å². The zero-order valence-electron chi connectivity index (χ0n) is 11.4. The number of anilines is 1. The smallest absolute Gasteiger partial charge is 0.341 e. The maximum Gasteiger partial charge on any atom is 0.341 e. The van der Waals surface area contributed by atoms with E-state index in [0.29, 0.717) is 17.0 Å². The Labute approximate surface area is 117 Å². The van der Waals surface area contributed by atoms with Gasteiger partial charge in [-0.05, 0) is 36.8 Å². The first-order valence-corrected chi connectivity index (χ1v) is 6.13. The average Bonchev–Trinajstić information content (AvgIpc) is 2.46. The first-order chi connectivity index (χ1) is 9.61. The molecule has 5 heteroatoms. The number of hydrogen-bond donors (Lipinski definition) is 1. The van der Waals surface area contributed by atoms with Crippen molar-refractivity contribution >= 4 is 11.7 Å². The number of pyridine rings is 1. The van der Waals surface area contributed by atoms with E-state index < -0.39 is 5.97 Å². The van der Waals surface area contributed by atoms with E-state index in [1.807, 2.05) is 19.1 Å². The van der Waals surface area contributed by atoms with Gasteiger partial charge in [0.2, 0.25) is 0 Å². The summed E-state index contributed by atoms with van der Waals surface area (Å²) in [4.78, 5) is 15.9. The van der Waals surface area contributed by atoms with Crippen LogP contribution >= 0.6 is 0 Å². The van der Waals surface area contributed by atoms with E-state index in [9.17, 15) is 4.79 Å². The van der Waals surface area contributed by atoms with Crippen molar-refractivity contribution in [3.63, 3.8) is 0 Å². The topological polar surface area (TPSA) is 74.4 Å². The molecule has 2 N–H and O–H groups in total. The Kier molecular flexibility index (Phi) is 4.20. The van der Waals surface area contributed by atoms with Gasteiger partial charge in [-0.25, -0.2) is 4.79 Å². The second kappa shape index (κ2) is 6.06. The van der Waals surface area contributed by atoms with Crippen LogP contribution in [0.25, 0.3) is 0 Å². The van der Waals surface area contributed by atoms with Crippen LogP contribution in [0.5, 0.6) is 5.75 Å². The van der Waals surface area contributed by atoms with Crippen LogP contribution in [-0.2, 0) is 11.3 Å². The van der Waals surface area contributed by atoms with Crippen LogP contribution in [0, 0.1) is 6.92 Å². The normalized spacial score (nSPS) is 10.1. The van der Waals surface area contributed by atoms with Crippen molar-refractivity contribution in [1.29, 1.82) is 0 Å². The molecule has 0 fully saturated rings. The van der Waals surface area contributed by atoms with Gasteiger partial charge in [0.25, 0.3) is 0 Å². The highest BCUT2D eigenvalue weighted by Crippen LogP contribution is 2.23. The van der Waals surface area contributed by atoms with E-state index in [2.05, 4.69) is 4.98 Å². The third-order valence-electron chi connectivity index (χ3n) is 2.89. The molecule has 1 aromatic heterocycles. The summed E-state index contributed by atoms with van der Waals surface area (Å²) in [5.74, 6) is -0.0545. The third-order valence-corrected chi connectivity index (χ3v) is 2.89. The minimum absolute atomic E-state index is 0.278. The molecule has 1 heterocycles. The van der Waals surface area contributed by atoms with E-state index in [-0.39, 0.29) is 6.61 Å². The Morgan fingerprint density at radius 2 is 2.15 bits per heavy atom. The lowest BCUT2D eigenvalue weighted by Crippen LogP contribution is -2.08. The monoisotopic (exact) mass is 272 g/mol. The van der Waals surface area contributed by atoms with Crippen molar-refractivity contribution in [2.75, 3.05) is 12.8 Å². The fourth-order valence-corrected chi connectivity index (χ4v) is 1.76. The maximum absolute atomic E-state index is 11.7. The quantitative estimate of drug-likeness (QED) is 0.683. The second-order valence-corrected chi connectivity index (χ2v) is 4.30. The fraction of sp³-hybridized carbons (Fsp3) is 0.200. The van der Waals surface area contributed by atoms with Gasteiger partial charge < -0.3 is 15.2 Å². The molecule has 1 aromatic carbocycles. The summed E-state index contributed by atoms with van der Waals surface area (Å²) in [5, 5.41) is 0. The van der Waals surface area contributed by atoms with Crippen LogP contribution < -0.4 is 10.5 Å². The summed E-state index contributed by atoms with van der Waals surface area (Å²) in [5.41, 5.74) is 8.31. The molecule has 0 aliphatic carbocycles. The summed E-state index contributed by atoms with van der Waals surface area (Å²) in [7, 11) is 1.32. The zero-order chi connectivity index (χ0) is 14.5. The number of carbonyl (C=O) groups is 1. The second-order valence-electron chi connectivity index (χ2n) is 4.30. The maximum atomic E-state index is 11.7. The molecule has 0 amide bonds. The molecule has 0 aliphatic rings. The SMILES string of the molecule is COC(=O)c1cc(N)ccc1OCc1ncccc1C. The Bertz CT molecular complexity index is 626. The van der Waals surface area contributed by atoms with Gasteiger partial charge in [-0.3, -0.25) is 4.98 Å². The molecule has 0 aliphatic heterocycles. The summed E-state index contributed by atoms with van der Waals surface area (Å²) < 4.78 is 10.4. The van der Waals surface area contributed by atoms with Crippen LogP contribution in [0.2, 0.25) is 0 Å². The predicted octanol–water partition coefficient (Wildman–Crippen LogP) is 2.34. The highest BCUT2D eigenvalue weighted by atomic mass is 16.5. The first-order valence-electron chi connectivity index (χ1n) is 6.13. The predicted molar refractivity (Wildman–Crippen MR) is 75.5 cm³/mol. The number of aryl methyl sites for hydroxylation is 1. The molecule has 0 atom stereocenters. The molecular formula is C15H16N2O3. The number of nitrogens with two attached hydrogens (primary N) is 1. The number of aromatic nitrogens is 1. The van der Waals surface area contributed by atoms with Crippen molar-refractivity contribution in [3.8, 4) is 5.75 Å². The molecule has 0 unspecified atom stereocenters. The molecule has 0 bridgehead atoms. The Balaban J connectivity index is 2.21. The van der Waals surface area contributed by atoms with Crippen molar-refractivity contribution in [3.05, 3.63) is 53.3 Å². The number of esters is 1. The van der Waals surface area contributed by atoms with Crippen LogP contribution in [0.15, 0.2) is 36.5 Å². The van der Waals surface area contributed by atoms with Gasteiger partial charge in [0.15, 0.2) is 0 Å². The molecule has 0 saturated carbocycles. The number of benzene rings is 1. The van der Waals surface area contributed by atoms with Gasteiger partial charge in [-0.1, -0.05) is 6.07 Å². The van der Waals surface area contributed by atoms with Crippen molar-refractivity contribution in [2.45, 2.75) is 13.5 Å². The molecule has 0 radical (unpaired) electrons. The van der Waals surface area contributed by atoms with Gasteiger partial charge >= 0.3 is 5.97 Å². The lowest BCUT2D eigenvalue weighted by Gasteiger charge is -2.11. The lowest BCUT2D eigenvalue weighted by atomic mass is 10.2. The van der Waals surface area contributed by atoms with Crippen LogP contribution in [0.4, 0.5) is 5.69 Å². The molecule has 0 saturated heterocycles. The van der Waals surface area contributed by atoms with Crippen molar-refractivity contribution in [2.24, 2.45) is 0 Å². The van der Waals surface area contributed by atoms with Crippen LogP contribution in [-0.4, -0.2) is 18.1 Å². The van der Waals surface area contributed by atoms with E-state index in [0.717, 1.165) is 11.3 Å². The summed E-state index contributed by atoms with van der Waals surface area (Å²) in [6.45, 7) is 2.23. The number of ether oxygens (including phenoxy) is 2. The molecular weight excluding hydrogens is 256 g/mol. The number of carbonyl (C=O) groups excluding carboxylic acids is 1. The molecule has 0 spiro atoms. The number of nitrogens with zero attached hydrogens (tertiary/aromatic N) is 1. The summed E-state index contributed by atoms with van der Waals surface area (Å²) in [6.07, 6.45) is 1.70. The van der Waals surface area contributed by atoms with Gasteiger partial charge in [0.1, 0.15) is 17.9 Å². The van der Waals surface area contributed by atoms with E-state index in [4.69, 9.17) is 15.2 Å². The molecule has 2 rings (SSSR count). The standard InChI is InChI=1S/C15H16N2O3/c1-10-4-3-7-17-13(10)9-20-14-6-5-11(16)8-12(14)15(18)19-2/h3-8H,9,16H2,1-2H3. The highest BCUT2D eigenvalue weighted by Gasteiger charge is 2.14. The first kappa shape index (κ1) is 13.9. The fourth-order valence-electron chi connectivity index (χ4n) is 1.76. The average molecular weight is 272 g/mol. The van der Waals surface area contributed by atoms with Crippen LogP contribution in [0.3, 0.4) is 0 Å². The number of methoxy groups -OCH3 is 1. The van der Waals surface area contributed by atoms with Gasteiger partial charge in [0.05, 0.1) is 12.8 Å². The third kappa shape index (κ3) is 3.06. The largest absolute Gasteiger partial charge is 0.486 e. The van der Waals surface area contributed by atoms with Crippen molar-refractivity contribution < 1.29 is 14.3 Å². The summed E-state index contributed by atoms with van der Waals surface area (Å²) in [6, 6.07) is 8.68. The Hall–Kier alpha value is -2.56. The van der Waals surface area contributed by atoms with E-state index in [1.165, 1.54) is 13.2 Å². The molecule has 104 valence electrons. The number of nitrogen functional groups attached to an aromatic ring is 1. The van der Waals surface area contributed by atoms with E-state index >= 15 is 0 Å². The molecule has 5 nitrogen and oxygen atoms in total. The number of rotatable bonds is 4. The summed E-state index contributed by atoms with van der Waals surface area (Å²) >= 11 is 0. The van der Waals surface area contributed by atoms with Gasteiger partial charge in [0, 0.05) is 11.9 Å². The van der Waals surface area contributed by atoms with Gasteiger partial charge in [-0.15, -0.1) is 0 Å². The number of hydrogen-bond acceptors (Lipinski definition) is 5. The zero-order valence-corrected chi connectivity index (χ0v) is 11.4.